The summed E-state index contributed by atoms with van der Waals surface area (Å²) >= 11 is 0. The van der Waals surface area contributed by atoms with Gasteiger partial charge in [-0.15, -0.1) is 0 Å². The molecule has 2 N–H and O–H groups in total. The molecule has 1 amide bonds. The highest BCUT2D eigenvalue weighted by atomic mass is 16.2. The first-order valence-electron chi connectivity index (χ1n) is 6.57. The number of amides is 1. The molecular formula is C14H19N3O. The van der Waals surface area contributed by atoms with Crippen molar-refractivity contribution in [2.75, 3.05) is 31.1 Å². The van der Waals surface area contributed by atoms with Gasteiger partial charge in [-0.1, -0.05) is 18.2 Å². The van der Waals surface area contributed by atoms with E-state index in [1.54, 1.807) is 0 Å². The van der Waals surface area contributed by atoms with E-state index in [-0.39, 0.29) is 5.91 Å². The molecule has 0 aromatic heterocycles. The lowest BCUT2D eigenvalue weighted by Gasteiger charge is -2.37. The summed E-state index contributed by atoms with van der Waals surface area (Å²) in [5.74, 6) is 0.148. The average Bonchev–Trinajstić information content (AvgIpc) is 3.18. The minimum absolute atomic E-state index is 0.148. The fraction of sp³-hybridized carbons (Fsp3) is 0.500. The molecule has 0 radical (unpaired) electrons. The van der Waals surface area contributed by atoms with Crippen LogP contribution in [0.15, 0.2) is 30.3 Å². The predicted molar refractivity (Wildman–Crippen MR) is 71.4 cm³/mol. The summed E-state index contributed by atoms with van der Waals surface area (Å²) in [7, 11) is 0. The van der Waals surface area contributed by atoms with Crippen molar-refractivity contribution in [1.82, 2.24) is 4.90 Å². The monoisotopic (exact) mass is 245 g/mol. The van der Waals surface area contributed by atoms with Crippen LogP contribution in [-0.2, 0) is 4.79 Å². The third kappa shape index (κ3) is 2.08. The Morgan fingerprint density at radius 2 is 1.67 bits per heavy atom. The number of para-hydroxylation sites is 1. The molecule has 1 aliphatic heterocycles. The van der Waals surface area contributed by atoms with E-state index in [1.807, 2.05) is 23.1 Å². The maximum atomic E-state index is 12.1. The molecule has 18 heavy (non-hydrogen) atoms. The van der Waals surface area contributed by atoms with Crippen molar-refractivity contribution < 1.29 is 4.79 Å². The molecule has 1 heterocycles. The van der Waals surface area contributed by atoms with Gasteiger partial charge in [0.1, 0.15) is 0 Å². The zero-order valence-corrected chi connectivity index (χ0v) is 10.5. The molecule has 0 bridgehead atoms. The lowest BCUT2D eigenvalue weighted by atomic mass is 10.2. The first-order chi connectivity index (χ1) is 8.69. The van der Waals surface area contributed by atoms with Crippen LogP contribution in [0.2, 0.25) is 0 Å². The van der Waals surface area contributed by atoms with Crippen LogP contribution in [-0.4, -0.2) is 42.5 Å². The molecule has 1 saturated heterocycles. The number of hydrogen-bond acceptors (Lipinski definition) is 3. The Morgan fingerprint density at radius 3 is 2.22 bits per heavy atom. The maximum Gasteiger partial charge on any atom is 0.242 e. The highest BCUT2D eigenvalue weighted by molar-refractivity contribution is 5.89. The van der Waals surface area contributed by atoms with E-state index in [1.165, 1.54) is 5.69 Å². The second-order valence-corrected chi connectivity index (χ2v) is 5.27. The second kappa shape index (κ2) is 4.28. The molecule has 0 atom stereocenters. The number of carbonyl (C=O) groups is 1. The third-order valence-corrected chi connectivity index (χ3v) is 3.90. The van der Waals surface area contributed by atoms with E-state index in [2.05, 4.69) is 17.0 Å². The van der Waals surface area contributed by atoms with Crippen molar-refractivity contribution in [1.29, 1.82) is 0 Å². The van der Waals surface area contributed by atoms with E-state index >= 15 is 0 Å². The number of hydrogen-bond donors (Lipinski definition) is 1. The van der Waals surface area contributed by atoms with Crippen LogP contribution in [0.1, 0.15) is 12.8 Å². The van der Waals surface area contributed by atoms with Gasteiger partial charge in [0, 0.05) is 31.9 Å². The number of nitrogens with zero attached hydrogens (tertiary/aromatic N) is 2. The number of benzene rings is 1. The normalized spacial score (nSPS) is 21.8. The van der Waals surface area contributed by atoms with Crippen LogP contribution in [0.25, 0.3) is 0 Å². The summed E-state index contributed by atoms with van der Waals surface area (Å²) in [6, 6.07) is 10.3. The van der Waals surface area contributed by atoms with E-state index < -0.39 is 5.54 Å². The third-order valence-electron chi connectivity index (χ3n) is 3.90. The molecular weight excluding hydrogens is 226 g/mol. The Kier molecular flexibility index (Phi) is 2.74. The molecule has 0 spiro atoms. The predicted octanol–water partition coefficient (Wildman–Crippen LogP) is 0.826. The molecule has 4 heteroatoms. The SMILES string of the molecule is NC1(C(=O)N2CCN(c3ccccc3)CC2)CC1. The van der Waals surface area contributed by atoms with Crippen molar-refractivity contribution in [2.45, 2.75) is 18.4 Å². The van der Waals surface area contributed by atoms with Crippen molar-refractivity contribution in [3.63, 3.8) is 0 Å². The largest absolute Gasteiger partial charge is 0.368 e. The summed E-state index contributed by atoms with van der Waals surface area (Å²) in [5.41, 5.74) is 6.68. The molecule has 2 aliphatic rings. The van der Waals surface area contributed by atoms with E-state index in [4.69, 9.17) is 5.73 Å². The van der Waals surface area contributed by atoms with Gasteiger partial charge in [-0.25, -0.2) is 0 Å². The summed E-state index contributed by atoms with van der Waals surface area (Å²) in [6.45, 7) is 3.36. The van der Waals surface area contributed by atoms with E-state index in [0.717, 1.165) is 39.0 Å². The van der Waals surface area contributed by atoms with Crippen LogP contribution < -0.4 is 10.6 Å². The number of nitrogens with two attached hydrogens (primary N) is 1. The van der Waals surface area contributed by atoms with E-state index in [0.29, 0.717) is 0 Å². The fourth-order valence-corrected chi connectivity index (χ4v) is 2.47. The number of rotatable bonds is 2. The van der Waals surface area contributed by atoms with Crippen molar-refractivity contribution in [2.24, 2.45) is 5.73 Å². The van der Waals surface area contributed by atoms with Gasteiger partial charge in [0.2, 0.25) is 5.91 Å². The van der Waals surface area contributed by atoms with Crippen molar-refractivity contribution in [3.05, 3.63) is 30.3 Å². The highest BCUT2D eigenvalue weighted by Gasteiger charge is 2.48. The van der Waals surface area contributed by atoms with Gasteiger partial charge in [0.15, 0.2) is 0 Å². The molecule has 1 aliphatic carbocycles. The van der Waals surface area contributed by atoms with Gasteiger partial charge >= 0.3 is 0 Å². The molecule has 1 saturated carbocycles. The Bertz CT molecular complexity index is 434. The topological polar surface area (TPSA) is 49.6 Å². The van der Waals surface area contributed by atoms with Crippen LogP contribution in [0.3, 0.4) is 0 Å². The molecule has 1 aromatic rings. The molecule has 2 fully saturated rings. The Labute approximate surface area is 107 Å². The first kappa shape index (κ1) is 11.5. The van der Waals surface area contributed by atoms with Crippen molar-refractivity contribution >= 4 is 11.6 Å². The Balaban J connectivity index is 1.60. The minimum atomic E-state index is -0.519. The summed E-state index contributed by atoms with van der Waals surface area (Å²) in [4.78, 5) is 16.4. The van der Waals surface area contributed by atoms with Crippen LogP contribution >= 0.6 is 0 Å². The molecule has 0 unspecified atom stereocenters. The van der Waals surface area contributed by atoms with E-state index in [9.17, 15) is 4.79 Å². The Morgan fingerprint density at radius 1 is 1.06 bits per heavy atom. The van der Waals surface area contributed by atoms with Gasteiger partial charge in [0.05, 0.1) is 5.54 Å². The Hall–Kier alpha value is -1.55. The summed E-state index contributed by atoms with van der Waals surface area (Å²) in [5, 5.41) is 0. The minimum Gasteiger partial charge on any atom is -0.368 e. The van der Waals surface area contributed by atoms with Gasteiger partial charge in [-0.05, 0) is 25.0 Å². The number of carbonyl (C=O) groups excluding carboxylic acids is 1. The second-order valence-electron chi connectivity index (χ2n) is 5.27. The van der Waals surface area contributed by atoms with Gasteiger partial charge in [-0.2, -0.15) is 0 Å². The number of piperazine rings is 1. The summed E-state index contributed by atoms with van der Waals surface area (Å²) in [6.07, 6.45) is 1.70. The first-order valence-corrected chi connectivity index (χ1v) is 6.57. The lowest BCUT2D eigenvalue weighted by molar-refractivity contribution is -0.133. The quantitative estimate of drug-likeness (QED) is 0.839. The van der Waals surface area contributed by atoms with Gasteiger partial charge < -0.3 is 15.5 Å². The molecule has 1 aromatic carbocycles. The molecule has 96 valence electrons. The average molecular weight is 245 g/mol. The molecule has 3 rings (SSSR count). The standard InChI is InChI=1S/C14H19N3O/c15-14(6-7-14)13(18)17-10-8-16(9-11-17)12-4-2-1-3-5-12/h1-5H,6-11,15H2. The maximum absolute atomic E-state index is 12.1. The zero-order valence-electron chi connectivity index (χ0n) is 10.5. The smallest absolute Gasteiger partial charge is 0.242 e. The van der Waals surface area contributed by atoms with Gasteiger partial charge in [-0.3, -0.25) is 4.79 Å². The van der Waals surface area contributed by atoms with Crippen molar-refractivity contribution in [3.8, 4) is 0 Å². The highest BCUT2D eigenvalue weighted by Crippen LogP contribution is 2.34. The van der Waals surface area contributed by atoms with Crippen LogP contribution in [0.4, 0.5) is 5.69 Å². The zero-order chi connectivity index (χ0) is 12.6. The summed E-state index contributed by atoms with van der Waals surface area (Å²) < 4.78 is 0. The number of anilines is 1. The van der Waals surface area contributed by atoms with Crippen LogP contribution in [0, 0.1) is 0 Å². The fourth-order valence-electron chi connectivity index (χ4n) is 2.47. The molecule has 4 nitrogen and oxygen atoms in total. The lowest BCUT2D eigenvalue weighted by Crippen LogP contribution is -2.54. The van der Waals surface area contributed by atoms with Gasteiger partial charge in [0.25, 0.3) is 0 Å². The van der Waals surface area contributed by atoms with Crippen LogP contribution in [0.5, 0.6) is 0 Å².